The number of anilines is 2. The van der Waals surface area contributed by atoms with Crippen molar-refractivity contribution >= 4 is 23.3 Å². The molecule has 0 saturated carbocycles. The average Bonchev–Trinajstić information content (AvgIpc) is 3.01. The smallest absolute Gasteiger partial charge is 0.337 e. The monoisotopic (exact) mass is 616 g/mol. The number of nitrogens with zero attached hydrogens (tertiary/aromatic N) is 2. The Morgan fingerprint density at radius 1 is 1.00 bits per heavy atom. The third-order valence-electron chi connectivity index (χ3n) is 7.12. The Balaban J connectivity index is 1.31. The lowest BCUT2D eigenvalue weighted by atomic mass is 10.0. The zero-order valence-electron chi connectivity index (χ0n) is 24.0. The van der Waals surface area contributed by atoms with Gasteiger partial charge in [0.2, 0.25) is 11.8 Å². The molecule has 0 spiro atoms. The van der Waals surface area contributed by atoms with Gasteiger partial charge >= 0.3 is 5.97 Å². The minimum Gasteiger partial charge on any atom is -0.472 e. The van der Waals surface area contributed by atoms with E-state index in [0.29, 0.717) is 24.5 Å². The molecule has 12 heteroatoms. The number of carbonyl (C=O) groups is 2. The molecule has 1 fully saturated rings. The summed E-state index contributed by atoms with van der Waals surface area (Å²) < 4.78 is 60.8. The molecule has 2 N–H and O–H groups in total. The Morgan fingerprint density at radius 3 is 2.51 bits per heavy atom. The molecule has 0 bridgehead atoms. The van der Waals surface area contributed by atoms with Gasteiger partial charge in [-0.1, -0.05) is 6.07 Å². The molecule has 45 heavy (non-hydrogen) atoms. The van der Waals surface area contributed by atoms with Gasteiger partial charge in [0, 0.05) is 41.6 Å². The number of amides is 1. The van der Waals surface area contributed by atoms with E-state index in [0.717, 1.165) is 24.6 Å². The van der Waals surface area contributed by atoms with E-state index in [1.807, 2.05) is 6.07 Å². The number of carbonyl (C=O) groups excluding carboxylic acids is 2. The van der Waals surface area contributed by atoms with E-state index in [4.69, 9.17) is 19.5 Å². The van der Waals surface area contributed by atoms with Crippen molar-refractivity contribution in [3.05, 3.63) is 107 Å². The topological polar surface area (TPSA) is 123 Å². The molecule has 1 saturated heterocycles. The number of pyridine rings is 1. The lowest BCUT2D eigenvalue weighted by Crippen LogP contribution is -2.33. The van der Waals surface area contributed by atoms with Crippen LogP contribution in [-0.4, -0.2) is 43.2 Å². The second-order valence-corrected chi connectivity index (χ2v) is 10.1. The van der Waals surface area contributed by atoms with Gasteiger partial charge in [-0.3, -0.25) is 4.79 Å². The van der Waals surface area contributed by atoms with E-state index in [-0.39, 0.29) is 52.0 Å². The number of benzene rings is 3. The summed E-state index contributed by atoms with van der Waals surface area (Å²) in [6.45, 7) is 0.832. The highest BCUT2D eigenvalue weighted by Gasteiger charge is 2.21. The Bertz CT molecular complexity index is 1790. The molecule has 1 aliphatic rings. The fourth-order valence-corrected chi connectivity index (χ4v) is 4.60. The van der Waals surface area contributed by atoms with Crippen LogP contribution in [0.25, 0.3) is 11.1 Å². The largest absolute Gasteiger partial charge is 0.472 e. The van der Waals surface area contributed by atoms with Crippen molar-refractivity contribution in [3.8, 4) is 23.1 Å². The molecule has 230 valence electrons. The summed E-state index contributed by atoms with van der Waals surface area (Å²) in [7, 11) is 1.26. The average molecular weight is 617 g/mol. The number of hydrogen-bond acceptors (Lipinski definition) is 8. The molecule has 1 atom stereocenters. The van der Waals surface area contributed by atoms with Crippen LogP contribution in [0.3, 0.4) is 0 Å². The molecule has 2 heterocycles. The number of hydrogen-bond donors (Lipinski definition) is 2. The molecule has 1 aromatic heterocycles. The van der Waals surface area contributed by atoms with Crippen molar-refractivity contribution in [2.45, 2.75) is 25.6 Å². The number of rotatable bonds is 11. The van der Waals surface area contributed by atoms with Gasteiger partial charge in [0.1, 0.15) is 24.1 Å². The number of nitrogens with one attached hydrogen (secondary N) is 2. The summed E-state index contributed by atoms with van der Waals surface area (Å²) in [5.41, 5.74) is 1.09. The van der Waals surface area contributed by atoms with Crippen LogP contribution in [0.2, 0.25) is 0 Å². The highest BCUT2D eigenvalue weighted by molar-refractivity contribution is 5.98. The van der Waals surface area contributed by atoms with Gasteiger partial charge in [0.15, 0.2) is 0 Å². The standard InChI is InChI=1S/C33H27F3N4O5/c1-43-33(42)20-6-7-29(30(13-20)39-17-23-8-10-44-23)40-31(41)14-22-12-28(36)25(15-27(22)35)24-3-2-9-38-32(24)45-18-21-5-4-19(16-37)11-26(21)34/h2-7,9,11-13,15,23,39H,8,10,14,17-18H2,1H3,(H,40,41)/t23-/m0/s1. The quantitative estimate of drug-likeness (QED) is 0.203. The molecule has 1 amide bonds. The highest BCUT2D eigenvalue weighted by atomic mass is 19.1. The van der Waals surface area contributed by atoms with Crippen LogP contribution in [0.1, 0.15) is 33.5 Å². The first-order valence-corrected chi connectivity index (χ1v) is 13.9. The first kappa shape index (κ1) is 31.0. The maximum Gasteiger partial charge on any atom is 0.337 e. The minimum atomic E-state index is -0.837. The van der Waals surface area contributed by atoms with Gasteiger partial charge in [-0.15, -0.1) is 0 Å². The first-order chi connectivity index (χ1) is 21.7. The van der Waals surface area contributed by atoms with Crippen molar-refractivity contribution in [1.82, 2.24) is 4.98 Å². The third kappa shape index (κ3) is 7.39. The predicted octanol–water partition coefficient (Wildman–Crippen LogP) is 5.79. The molecular formula is C33H27F3N4O5. The van der Waals surface area contributed by atoms with E-state index in [1.165, 1.54) is 55.8 Å². The molecule has 0 unspecified atom stereocenters. The number of methoxy groups -OCH3 is 1. The maximum absolute atomic E-state index is 15.4. The fourth-order valence-electron chi connectivity index (χ4n) is 4.60. The molecule has 3 aromatic carbocycles. The lowest BCUT2D eigenvalue weighted by Gasteiger charge is -2.27. The summed E-state index contributed by atoms with van der Waals surface area (Å²) in [4.78, 5) is 29.1. The molecule has 1 aliphatic heterocycles. The highest BCUT2D eigenvalue weighted by Crippen LogP contribution is 2.33. The molecule has 9 nitrogen and oxygen atoms in total. The van der Waals surface area contributed by atoms with Crippen LogP contribution in [0.4, 0.5) is 24.5 Å². The Morgan fingerprint density at radius 2 is 1.80 bits per heavy atom. The number of ether oxygens (including phenoxy) is 3. The van der Waals surface area contributed by atoms with Crippen LogP contribution in [0.5, 0.6) is 5.88 Å². The second-order valence-electron chi connectivity index (χ2n) is 10.1. The van der Waals surface area contributed by atoms with Crippen LogP contribution < -0.4 is 15.4 Å². The zero-order valence-corrected chi connectivity index (χ0v) is 24.0. The Labute approximate surface area is 256 Å². The van der Waals surface area contributed by atoms with Gasteiger partial charge in [-0.05, 0) is 61.0 Å². The summed E-state index contributed by atoms with van der Waals surface area (Å²) in [6.07, 6.45) is 1.77. The first-order valence-electron chi connectivity index (χ1n) is 13.9. The van der Waals surface area contributed by atoms with Gasteiger partial charge in [0.25, 0.3) is 0 Å². The zero-order chi connectivity index (χ0) is 31.9. The summed E-state index contributed by atoms with van der Waals surface area (Å²) in [5.74, 6) is -3.56. The van der Waals surface area contributed by atoms with Gasteiger partial charge in [-0.2, -0.15) is 5.26 Å². The molecule has 5 rings (SSSR count). The molecule has 4 aromatic rings. The summed E-state index contributed by atoms with van der Waals surface area (Å²) in [5, 5.41) is 14.8. The fraction of sp³-hybridized carbons (Fsp3) is 0.212. The van der Waals surface area contributed by atoms with Crippen molar-refractivity contribution < 1.29 is 37.0 Å². The van der Waals surface area contributed by atoms with Crippen LogP contribution >= 0.6 is 0 Å². The van der Waals surface area contributed by atoms with E-state index >= 15 is 8.78 Å². The van der Waals surface area contributed by atoms with E-state index in [2.05, 4.69) is 15.6 Å². The number of aromatic nitrogens is 1. The van der Waals surface area contributed by atoms with Gasteiger partial charge in [-0.25, -0.2) is 22.9 Å². The molecular weight excluding hydrogens is 589 g/mol. The maximum atomic E-state index is 15.4. The summed E-state index contributed by atoms with van der Waals surface area (Å²) >= 11 is 0. The van der Waals surface area contributed by atoms with Crippen molar-refractivity contribution in [2.75, 3.05) is 30.9 Å². The molecule has 0 radical (unpaired) electrons. The van der Waals surface area contributed by atoms with Crippen LogP contribution in [0, 0.1) is 28.8 Å². The Kier molecular flexibility index (Phi) is 9.60. The van der Waals surface area contributed by atoms with E-state index in [9.17, 15) is 14.0 Å². The van der Waals surface area contributed by atoms with E-state index < -0.39 is 35.7 Å². The van der Waals surface area contributed by atoms with Crippen molar-refractivity contribution in [1.29, 1.82) is 5.26 Å². The van der Waals surface area contributed by atoms with Crippen LogP contribution in [0.15, 0.2) is 66.9 Å². The predicted molar refractivity (Wildman–Crippen MR) is 158 cm³/mol. The van der Waals surface area contributed by atoms with Crippen molar-refractivity contribution in [3.63, 3.8) is 0 Å². The normalized spacial score (nSPS) is 13.7. The number of nitriles is 1. The third-order valence-corrected chi connectivity index (χ3v) is 7.12. The minimum absolute atomic E-state index is 0.00575. The number of halogens is 3. The number of esters is 1. The Hall–Kier alpha value is -5.41. The molecule has 0 aliphatic carbocycles. The van der Waals surface area contributed by atoms with Crippen LogP contribution in [-0.2, 0) is 27.3 Å². The van der Waals surface area contributed by atoms with Gasteiger partial charge in [0.05, 0.1) is 48.2 Å². The summed E-state index contributed by atoms with van der Waals surface area (Å²) in [6, 6.07) is 15.1. The van der Waals surface area contributed by atoms with E-state index in [1.54, 1.807) is 0 Å². The van der Waals surface area contributed by atoms with Gasteiger partial charge < -0.3 is 24.8 Å². The van der Waals surface area contributed by atoms with Crippen molar-refractivity contribution in [2.24, 2.45) is 0 Å². The lowest BCUT2D eigenvalue weighted by molar-refractivity contribution is -0.115. The SMILES string of the molecule is COC(=O)c1ccc(NC(=O)Cc2cc(F)c(-c3cccnc3OCc3ccc(C#N)cc3F)cc2F)c(NC[C@@H]2CCO2)c1. The second kappa shape index (κ2) is 13.9.